The number of hydrogen-bond donors (Lipinski definition) is 0. The number of halogens is 3. The fourth-order valence-corrected chi connectivity index (χ4v) is 4.65. The van der Waals surface area contributed by atoms with E-state index in [1.54, 1.807) is 0 Å². The van der Waals surface area contributed by atoms with Gasteiger partial charge in [0, 0.05) is 20.5 Å². The summed E-state index contributed by atoms with van der Waals surface area (Å²) in [5.74, 6) is 0. The molecule has 0 heterocycles. The Bertz CT molecular complexity index is 319. The zero-order valence-corrected chi connectivity index (χ0v) is 14.2. The predicted molar refractivity (Wildman–Crippen MR) is 82.9 cm³/mol. The molecule has 0 N–H and O–H groups in total. The Hall–Kier alpha value is 0.660. The van der Waals surface area contributed by atoms with Crippen molar-refractivity contribution >= 4 is 47.8 Å². The fourth-order valence-electron chi connectivity index (χ4n) is 1.85. The molecular weight excluding hydrogens is 396 g/mol. The maximum atomic E-state index is 3.68. The van der Waals surface area contributed by atoms with Gasteiger partial charge in [0.1, 0.15) is 0 Å². The molecular formula is C13H17Br3. The Morgan fingerprint density at radius 1 is 1.12 bits per heavy atom. The molecule has 0 aliphatic rings. The van der Waals surface area contributed by atoms with E-state index in [1.165, 1.54) is 29.3 Å². The van der Waals surface area contributed by atoms with Crippen LogP contribution in [0.2, 0.25) is 0 Å². The van der Waals surface area contributed by atoms with Gasteiger partial charge in [-0.15, -0.1) is 0 Å². The van der Waals surface area contributed by atoms with Gasteiger partial charge in [-0.2, -0.15) is 0 Å². The Labute approximate surface area is 124 Å². The number of benzene rings is 1. The maximum absolute atomic E-state index is 3.68. The van der Waals surface area contributed by atoms with Crippen LogP contribution in [0.5, 0.6) is 0 Å². The first-order chi connectivity index (χ1) is 7.70. The van der Waals surface area contributed by atoms with Crippen molar-refractivity contribution in [3.8, 4) is 0 Å². The second-order valence-electron chi connectivity index (χ2n) is 4.13. The van der Waals surface area contributed by atoms with Crippen molar-refractivity contribution in [2.75, 3.05) is 10.7 Å². The summed E-state index contributed by atoms with van der Waals surface area (Å²) in [6.07, 6.45) is 3.72. The summed E-state index contributed by atoms with van der Waals surface area (Å²) in [5.41, 5.74) is 1.60. The fraction of sp³-hybridized carbons (Fsp3) is 0.538. The van der Waals surface area contributed by atoms with Crippen molar-refractivity contribution < 1.29 is 0 Å². The zero-order valence-electron chi connectivity index (χ0n) is 9.48. The molecule has 1 aromatic rings. The molecule has 0 aliphatic carbocycles. The minimum Gasteiger partial charge on any atom is -0.0918 e. The molecule has 90 valence electrons. The molecule has 0 unspecified atom stereocenters. The summed E-state index contributed by atoms with van der Waals surface area (Å²) in [4.78, 5) is 0. The smallest absolute Gasteiger partial charge is 0.0213 e. The summed E-state index contributed by atoms with van der Waals surface area (Å²) in [6, 6.07) is 8.54. The molecule has 0 spiro atoms. The first-order valence-corrected chi connectivity index (χ1v) is 8.60. The highest BCUT2D eigenvalue weighted by Crippen LogP contribution is 2.37. The Balaban J connectivity index is 3.05. The first kappa shape index (κ1) is 14.7. The molecule has 0 nitrogen and oxygen atoms in total. The van der Waals surface area contributed by atoms with Crippen molar-refractivity contribution in [2.45, 2.75) is 31.6 Å². The molecule has 0 aliphatic heterocycles. The summed E-state index contributed by atoms with van der Waals surface area (Å²) < 4.78 is 1.21. The number of hydrogen-bond acceptors (Lipinski definition) is 0. The second-order valence-corrected chi connectivity index (χ2v) is 6.11. The molecule has 0 aromatic heterocycles. The van der Waals surface area contributed by atoms with Gasteiger partial charge in [0.15, 0.2) is 0 Å². The van der Waals surface area contributed by atoms with E-state index in [-0.39, 0.29) is 5.41 Å². The van der Waals surface area contributed by atoms with E-state index >= 15 is 0 Å². The second kappa shape index (κ2) is 7.17. The lowest BCUT2D eigenvalue weighted by Gasteiger charge is -2.31. The van der Waals surface area contributed by atoms with Crippen molar-refractivity contribution in [1.82, 2.24) is 0 Å². The number of unbranched alkanes of at least 4 members (excludes halogenated alkanes) is 1. The van der Waals surface area contributed by atoms with Crippen LogP contribution in [0.25, 0.3) is 0 Å². The van der Waals surface area contributed by atoms with Crippen LogP contribution >= 0.6 is 47.8 Å². The standard InChI is InChI=1S/C13H17Br3/c1-2-3-8-13(9-14,10-15)11-6-4-5-7-12(11)16/h4-7H,2-3,8-10H2,1H3. The number of alkyl halides is 2. The predicted octanol–water partition coefficient (Wildman–Crippen LogP) is 5.67. The third kappa shape index (κ3) is 3.33. The third-order valence-corrected chi connectivity index (χ3v) is 5.80. The molecule has 0 atom stereocenters. The number of rotatable bonds is 6. The molecule has 1 aromatic carbocycles. The highest BCUT2D eigenvalue weighted by atomic mass is 79.9. The highest BCUT2D eigenvalue weighted by Gasteiger charge is 2.30. The molecule has 1 rings (SSSR count). The molecule has 3 heteroatoms. The summed E-state index contributed by atoms with van der Waals surface area (Å²) >= 11 is 11.0. The monoisotopic (exact) mass is 410 g/mol. The van der Waals surface area contributed by atoms with Crippen molar-refractivity contribution in [2.24, 2.45) is 0 Å². The van der Waals surface area contributed by atoms with Crippen LogP contribution in [-0.2, 0) is 5.41 Å². The summed E-state index contributed by atoms with van der Waals surface area (Å²) in [5, 5.41) is 1.99. The van der Waals surface area contributed by atoms with Crippen LogP contribution in [0, 0.1) is 0 Å². The SMILES string of the molecule is CCCCC(CBr)(CBr)c1ccccc1Br. The van der Waals surface area contributed by atoms with Crippen LogP contribution < -0.4 is 0 Å². The van der Waals surface area contributed by atoms with Gasteiger partial charge in [-0.05, 0) is 18.1 Å². The zero-order chi connectivity index (χ0) is 12.0. The van der Waals surface area contributed by atoms with Gasteiger partial charge in [0.25, 0.3) is 0 Å². The van der Waals surface area contributed by atoms with Gasteiger partial charge in [-0.3, -0.25) is 0 Å². The van der Waals surface area contributed by atoms with E-state index in [0.717, 1.165) is 10.7 Å². The average Bonchev–Trinajstić information content (AvgIpc) is 2.33. The normalized spacial score (nSPS) is 11.8. The van der Waals surface area contributed by atoms with E-state index in [9.17, 15) is 0 Å². The topological polar surface area (TPSA) is 0 Å². The Kier molecular flexibility index (Phi) is 6.60. The van der Waals surface area contributed by atoms with Gasteiger partial charge < -0.3 is 0 Å². The van der Waals surface area contributed by atoms with E-state index < -0.39 is 0 Å². The van der Waals surface area contributed by atoms with Crippen LogP contribution in [0.1, 0.15) is 31.7 Å². The van der Waals surface area contributed by atoms with Crippen LogP contribution in [0.3, 0.4) is 0 Å². The Morgan fingerprint density at radius 2 is 1.75 bits per heavy atom. The lowest BCUT2D eigenvalue weighted by molar-refractivity contribution is 0.478. The van der Waals surface area contributed by atoms with E-state index in [4.69, 9.17) is 0 Å². The van der Waals surface area contributed by atoms with Gasteiger partial charge in [-0.25, -0.2) is 0 Å². The molecule has 0 saturated heterocycles. The van der Waals surface area contributed by atoms with Crippen LogP contribution in [-0.4, -0.2) is 10.7 Å². The van der Waals surface area contributed by atoms with Crippen molar-refractivity contribution in [3.05, 3.63) is 34.3 Å². The van der Waals surface area contributed by atoms with E-state index in [1.807, 2.05) is 0 Å². The quantitative estimate of drug-likeness (QED) is 0.528. The molecule has 0 amide bonds. The molecule has 0 radical (unpaired) electrons. The summed E-state index contributed by atoms with van der Waals surface area (Å²) in [7, 11) is 0. The van der Waals surface area contributed by atoms with Crippen LogP contribution in [0.4, 0.5) is 0 Å². The maximum Gasteiger partial charge on any atom is 0.0213 e. The van der Waals surface area contributed by atoms with Gasteiger partial charge >= 0.3 is 0 Å². The molecule has 0 bridgehead atoms. The molecule has 0 saturated carbocycles. The molecule has 0 fully saturated rings. The lowest BCUT2D eigenvalue weighted by Crippen LogP contribution is -2.30. The van der Waals surface area contributed by atoms with E-state index in [0.29, 0.717) is 0 Å². The third-order valence-electron chi connectivity index (χ3n) is 2.97. The minimum absolute atomic E-state index is 0.204. The lowest BCUT2D eigenvalue weighted by atomic mass is 9.80. The van der Waals surface area contributed by atoms with Crippen LogP contribution in [0.15, 0.2) is 28.7 Å². The highest BCUT2D eigenvalue weighted by molar-refractivity contribution is 9.10. The van der Waals surface area contributed by atoms with Gasteiger partial charge in [0.05, 0.1) is 0 Å². The summed E-state index contributed by atoms with van der Waals surface area (Å²) in [6.45, 7) is 2.24. The molecule has 16 heavy (non-hydrogen) atoms. The van der Waals surface area contributed by atoms with E-state index in [2.05, 4.69) is 79.0 Å². The van der Waals surface area contributed by atoms with Crippen molar-refractivity contribution in [1.29, 1.82) is 0 Å². The first-order valence-electron chi connectivity index (χ1n) is 5.57. The average molecular weight is 413 g/mol. The van der Waals surface area contributed by atoms with Gasteiger partial charge in [-0.1, -0.05) is 85.8 Å². The largest absolute Gasteiger partial charge is 0.0918 e. The minimum atomic E-state index is 0.204. The van der Waals surface area contributed by atoms with Crippen molar-refractivity contribution in [3.63, 3.8) is 0 Å². The Morgan fingerprint density at radius 3 is 2.25 bits per heavy atom. The van der Waals surface area contributed by atoms with Gasteiger partial charge in [0.2, 0.25) is 0 Å².